The summed E-state index contributed by atoms with van der Waals surface area (Å²) < 4.78 is 0. The number of nitrogens with zero attached hydrogens (tertiary/aromatic N) is 2. The standard InChI is InChI=1S/C17H30N4/c1-4-19-15(13-14-9-8-10-20-16(14)18)17(2,3)21-11-6-5-7-12-21/h8-10,15,19H,4-7,11-13H2,1-3H3,(H2,18,20). The van der Waals surface area contributed by atoms with E-state index in [0.717, 1.165) is 18.5 Å². The average molecular weight is 290 g/mol. The monoisotopic (exact) mass is 290 g/mol. The van der Waals surface area contributed by atoms with E-state index in [9.17, 15) is 0 Å². The van der Waals surface area contributed by atoms with Crippen LogP contribution < -0.4 is 11.1 Å². The predicted octanol–water partition coefficient (Wildman–Crippen LogP) is 2.45. The first-order chi connectivity index (χ1) is 10.1. The summed E-state index contributed by atoms with van der Waals surface area (Å²) in [6, 6.07) is 4.45. The van der Waals surface area contributed by atoms with Crippen LogP contribution in [-0.4, -0.2) is 41.1 Å². The molecule has 118 valence electrons. The largest absolute Gasteiger partial charge is 0.383 e. The summed E-state index contributed by atoms with van der Waals surface area (Å²) in [6.45, 7) is 10.3. The predicted molar refractivity (Wildman–Crippen MR) is 89.3 cm³/mol. The summed E-state index contributed by atoms with van der Waals surface area (Å²) in [4.78, 5) is 6.86. The number of rotatable bonds is 6. The van der Waals surface area contributed by atoms with Crippen LogP contribution in [-0.2, 0) is 6.42 Å². The second-order valence-corrected chi connectivity index (χ2v) is 6.56. The minimum Gasteiger partial charge on any atom is -0.383 e. The number of hydrogen-bond donors (Lipinski definition) is 2. The SMILES string of the molecule is CCNC(Cc1cccnc1N)C(C)(C)N1CCCCC1. The summed E-state index contributed by atoms with van der Waals surface area (Å²) in [5, 5.41) is 3.67. The first-order valence-electron chi connectivity index (χ1n) is 8.23. The molecule has 21 heavy (non-hydrogen) atoms. The van der Waals surface area contributed by atoms with E-state index in [4.69, 9.17) is 5.73 Å². The van der Waals surface area contributed by atoms with Gasteiger partial charge in [-0.3, -0.25) is 4.90 Å². The maximum absolute atomic E-state index is 6.03. The second kappa shape index (κ2) is 7.23. The first kappa shape index (κ1) is 16.2. The quantitative estimate of drug-likeness (QED) is 0.845. The van der Waals surface area contributed by atoms with E-state index < -0.39 is 0 Å². The molecular weight excluding hydrogens is 260 g/mol. The summed E-state index contributed by atoms with van der Waals surface area (Å²) in [5.74, 6) is 0.662. The zero-order chi connectivity index (χ0) is 15.3. The van der Waals surface area contributed by atoms with E-state index in [-0.39, 0.29) is 5.54 Å². The van der Waals surface area contributed by atoms with Crippen LogP contribution in [0.5, 0.6) is 0 Å². The molecule has 1 saturated heterocycles. The lowest BCUT2D eigenvalue weighted by Crippen LogP contribution is -2.59. The highest BCUT2D eigenvalue weighted by molar-refractivity contribution is 5.39. The summed E-state index contributed by atoms with van der Waals surface area (Å²) in [6.07, 6.45) is 6.69. The molecule has 0 spiro atoms. The molecule has 0 saturated carbocycles. The lowest BCUT2D eigenvalue weighted by Gasteiger charge is -2.46. The molecule has 1 atom stereocenters. The normalized spacial score (nSPS) is 18.6. The molecule has 1 aromatic heterocycles. The Kier molecular flexibility index (Phi) is 5.59. The Balaban J connectivity index is 2.15. The number of hydrogen-bond acceptors (Lipinski definition) is 4. The van der Waals surface area contributed by atoms with Gasteiger partial charge in [-0.05, 0) is 64.4 Å². The van der Waals surface area contributed by atoms with Gasteiger partial charge in [0.05, 0.1) is 0 Å². The number of anilines is 1. The van der Waals surface area contributed by atoms with Crippen molar-refractivity contribution in [2.75, 3.05) is 25.4 Å². The Morgan fingerprint density at radius 1 is 1.33 bits per heavy atom. The fourth-order valence-electron chi connectivity index (χ4n) is 3.35. The van der Waals surface area contributed by atoms with E-state index in [1.165, 1.54) is 32.4 Å². The van der Waals surface area contributed by atoms with Crippen molar-refractivity contribution in [3.8, 4) is 0 Å². The molecule has 4 nitrogen and oxygen atoms in total. The Labute approximate surface area is 129 Å². The van der Waals surface area contributed by atoms with Crippen LogP contribution in [0.25, 0.3) is 0 Å². The van der Waals surface area contributed by atoms with Gasteiger partial charge in [-0.1, -0.05) is 19.4 Å². The number of likely N-dealkylation sites (N-methyl/N-ethyl adjacent to an activating group) is 1. The highest BCUT2D eigenvalue weighted by Gasteiger charge is 2.35. The molecule has 2 heterocycles. The van der Waals surface area contributed by atoms with Crippen molar-refractivity contribution in [1.82, 2.24) is 15.2 Å². The fraction of sp³-hybridized carbons (Fsp3) is 0.706. The molecule has 1 aliphatic heterocycles. The molecule has 1 aromatic rings. The zero-order valence-electron chi connectivity index (χ0n) is 13.7. The maximum atomic E-state index is 6.03. The third-order valence-electron chi connectivity index (χ3n) is 4.82. The molecule has 4 heteroatoms. The summed E-state index contributed by atoms with van der Waals surface area (Å²) >= 11 is 0. The smallest absolute Gasteiger partial charge is 0.126 e. The van der Waals surface area contributed by atoms with Crippen LogP contribution in [0.4, 0.5) is 5.82 Å². The molecule has 3 N–H and O–H groups in total. The van der Waals surface area contributed by atoms with Crippen molar-refractivity contribution in [2.45, 2.75) is 58.0 Å². The van der Waals surface area contributed by atoms with Crippen LogP contribution in [0.15, 0.2) is 18.3 Å². The number of nitrogen functional groups attached to an aromatic ring is 1. The van der Waals surface area contributed by atoms with Crippen LogP contribution in [0.2, 0.25) is 0 Å². The van der Waals surface area contributed by atoms with E-state index in [1.807, 2.05) is 6.07 Å². The highest BCUT2D eigenvalue weighted by Crippen LogP contribution is 2.26. The third-order valence-corrected chi connectivity index (χ3v) is 4.82. The van der Waals surface area contributed by atoms with E-state index in [2.05, 4.69) is 42.0 Å². The zero-order valence-corrected chi connectivity index (χ0v) is 13.7. The van der Waals surface area contributed by atoms with Crippen LogP contribution >= 0.6 is 0 Å². The molecule has 2 rings (SSSR count). The topological polar surface area (TPSA) is 54.2 Å². The van der Waals surface area contributed by atoms with E-state index >= 15 is 0 Å². The summed E-state index contributed by atoms with van der Waals surface area (Å²) in [7, 11) is 0. The summed E-state index contributed by atoms with van der Waals surface area (Å²) in [5.41, 5.74) is 7.30. The van der Waals surface area contributed by atoms with Crippen molar-refractivity contribution in [3.63, 3.8) is 0 Å². The molecule has 1 unspecified atom stereocenters. The number of nitrogens with two attached hydrogens (primary N) is 1. The van der Waals surface area contributed by atoms with Crippen molar-refractivity contribution in [3.05, 3.63) is 23.9 Å². The lowest BCUT2D eigenvalue weighted by molar-refractivity contribution is 0.0616. The molecule has 0 radical (unpaired) electrons. The van der Waals surface area contributed by atoms with Gasteiger partial charge in [0.25, 0.3) is 0 Å². The molecule has 0 amide bonds. The number of aromatic nitrogens is 1. The minimum atomic E-state index is 0.124. The Hall–Kier alpha value is -1.13. The molecular formula is C17H30N4. The van der Waals surface area contributed by atoms with Crippen molar-refractivity contribution in [2.24, 2.45) is 0 Å². The van der Waals surface area contributed by atoms with Gasteiger partial charge >= 0.3 is 0 Å². The number of pyridine rings is 1. The van der Waals surface area contributed by atoms with Crippen molar-refractivity contribution < 1.29 is 0 Å². The van der Waals surface area contributed by atoms with Crippen molar-refractivity contribution in [1.29, 1.82) is 0 Å². The Bertz CT molecular complexity index is 438. The van der Waals surface area contributed by atoms with Crippen LogP contribution in [0.3, 0.4) is 0 Å². The first-order valence-corrected chi connectivity index (χ1v) is 8.23. The highest BCUT2D eigenvalue weighted by atomic mass is 15.2. The van der Waals surface area contributed by atoms with Crippen LogP contribution in [0, 0.1) is 0 Å². The molecule has 0 aromatic carbocycles. The average Bonchev–Trinajstić information content (AvgIpc) is 2.50. The minimum absolute atomic E-state index is 0.124. The maximum Gasteiger partial charge on any atom is 0.126 e. The van der Waals surface area contributed by atoms with Gasteiger partial charge in [-0.2, -0.15) is 0 Å². The lowest BCUT2D eigenvalue weighted by atomic mass is 9.86. The van der Waals surface area contributed by atoms with Gasteiger partial charge in [0.1, 0.15) is 5.82 Å². The van der Waals surface area contributed by atoms with Crippen molar-refractivity contribution >= 4 is 5.82 Å². The number of nitrogens with one attached hydrogen (secondary N) is 1. The number of likely N-dealkylation sites (tertiary alicyclic amines) is 1. The van der Waals surface area contributed by atoms with Gasteiger partial charge in [0, 0.05) is 17.8 Å². The second-order valence-electron chi connectivity index (χ2n) is 6.56. The third kappa shape index (κ3) is 3.95. The van der Waals surface area contributed by atoms with Gasteiger partial charge < -0.3 is 11.1 Å². The molecule has 0 bridgehead atoms. The molecule has 1 fully saturated rings. The van der Waals surface area contributed by atoms with Gasteiger partial charge in [-0.15, -0.1) is 0 Å². The van der Waals surface area contributed by atoms with E-state index in [1.54, 1.807) is 6.20 Å². The van der Waals surface area contributed by atoms with Gasteiger partial charge in [-0.25, -0.2) is 4.98 Å². The van der Waals surface area contributed by atoms with E-state index in [0.29, 0.717) is 11.9 Å². The fourth-order valence-corrected chi connectivity index (χ4v) is 3.35. The van der Waals surface area contributed by atoms with Crippen LogP contribution in [0.1, 0.15) is 45.6 Å². The van der Waals surface area contributed by atoms with Gasteiger partial charge in [0.15, 0.2) is 0 Å². The number of piperidine rings is 1. The molecule has 1 aliphatic rings. The molecule has 0 aliphatic carbocycles. The Morgan fingerprint density at radius 3 is 2.67 bits per heavy atom. The van der Waals surface area contributed by atoms with Gasteiger partial charge in [0.2, 0.25) is 0 Å². The Morgan fingerprint density at radius 2 is 2.05 bits per heavy atom.